The van der Waals surface area contributed by atoms with E-state index in [-0.39, 0.29) is 23.3 Å². The summed E-state index contributed by atoms with van der Waals surface area (Å²) in [6.07, 6.45) is 1.38. The van der Waals surface area contributed by atoms with Gasteiger partial charge in [-0.15, -0.1) is 0 Å². The molecule has 2 amide bonds. The van der Waals surface area contributed by atoms with E-state index in [1.807, 2.05) is 0 Å². The van der Waals surface area contributed by atoms with Gasteiger partial charge in [-0.3, -0.25) is 14.4 Å². The Morgan fingerprint density at radius 1 is 1.17 bits per heavy atom. The Morgan fingerprint density at radius 3 is 2.69 bits per heavy atom. The summed E-state index contributed by atoms with van der Waals surface area (Å²) in [4.78, 5) is 41.5. The average Bonchev–Trinajstić information content (AvgIpc) is 3.13. The monoisotopic (exact) mass is 409 g/mol. The molecule has 2 N–H and O–H groups in total. The first-order valence-electron chi connectivity index (χ1n) is 8.74. The van der Waals surface area contributed by atoms with Crippen LogP contribution in [-0.2, 0) is 4.79 Å². The van der Waals surface area contributed by atoms with Crippen LogP contribution in [0.25, 0.3) is 16.6 Å². The van der Waals surface area contributed by atoms with Crippen LogP contribution in [0.4, 0.5) is 5.69 Å². The number of H-pyrrole nitrogens is 1. The highest BCUT2D eigenvalue weighted by Gasteiger charge is 2.21. The number of anilines is 1. The van der Waals surface area contributed by atoms with Crippen molar-refractivity contribution in [2.24, 2.45) is 0 Å². The molecule has 2 aromatic carbocycles. The highest BCUT2D eigenvalue weighted by atomic mass is 35.5. The van der Waals surface area contributed by atoms with Crippen LogP contribution >= 0.6 is 11.6 Å². The van der Waals surface area contributed by atoms with E-state index in [0.717, 1.165) is 0 Å². The predicted octanol–water partition coefficient (Wildman–Crippen LogP) is 2.54. The molecule has 9 heteroatoms. The number of likely N-dealkylation sites (N-methyl/N-ethyl adjacent to an activating group) is 1. The molecule has 0 atom stereocenters. The number of carbonyl (C=O) groups is 2. The van der Waals surface area contributed by atoms with Crippen molar-refractivity contribution in [1.82, 2.24) is 19.5 Å². The standard InChI is InChI=1S/C20H16ClN5O3/c1-25(11-17(27)23-15-8-4-3-7-14(15)21)20(29)13-10-22-26-16-9-5-2-6-12(16)19(28)24-18(13)26/h2-10H,11H2,1H3,(H,23,27)(H,24,28). The number of aromatic nitrogens is 3. The summed E-state index contributed by atoms with van der Waals surface area (Å²) in [6.45, 7) is -0.195. The molecule has 0 aliphatic carbocycles. The van der Waals surface area contributed by atoms with E-state index in [9.17, 15) is 14.4 Å². The van der Waals surface area contributed by atoms with Gasteiger partial charge < -0.3 is 15.2 Å². The van der Waals surface area contributed by atoms with E-state index in [2.05, 4.69) is 15.4 Å². The van der Waals surface area contributed by atoms with Gasteiger partial charge in [0.2, 0.25) is 5.91 Å². The summed E-state index contributed by atoms with van der Waals surface area (Å²) in [5.41, 5.74) is 1.20. The predicted molar refractivity (Wildman–Crippen MR) is 110 cm³/mol. The van der Waals surface area contributed by atoms with Crippen molar-refractivity contribution in [2.75, 3.05) is 18.9 Å². The number of para-hydroxylation sites is 2. The Bertz CT molecular complexity index is 1310. The van der Waals surface area contributed by atoms with Crippen molar-refractivity contribution in [3.8, 4) is 0 Å². The largest absolute Gasteiger partial charge is 0.332 e. The van der Waals surface area contributed by atoms with E-state index in [1.54, 1.807) is 48.5 Å². The van der Waals surface area contributed by atoms with E-state index in [0.29, 0.717) is 21.6 Å². The first-order chi connectivity index (χ1) is 14.0. The minimum Gasteiger partial charge on any atom is -0.332 e. The number of aromatic amines is 1. The number of rotatable bonds is 4. The molecule has 4 aromatic rings. The zero-order chi connectivity index (χ0) is 20.5. The van der Waals surface area contributed by atoms with Crippen LogP contribution in [0.15, 0.2) is 59.5 Å². The Morgan fingerprint density at radius 2 is 1.90 bits per heavy atom. The third-order valence-electron chi connectivity index (χ3n) is 4.48. The Hall–Kier alpha value is -3.65. The molecule has 0 unspecified atom stereocenters. The lowest BCUT2D eigenvalue weighted by molar-refractivity contribution is -0.116. The van der Waals surface area contributed by atoms with E-state index < -0.39 is 11.8 Å². The van der Waals surface area contributed by atoms with E-state index >= 15 is 0 Å². The first-order valence-corrected chi connectivity index (χ1v) is 9.12. The molecule has 0 spiro atoms. The second-order valence-corrected chi connectivity index (χ2v) is 6.89. The zero-order valence-electron chi connectivity index (χ0n) is 15.3. The Labute approximate surface area is 169 Å². The maximum Gasteiger partial charge on any atom is 0.259 e. The minimum absolute atomic E-state index is 0.195. The Kier molecular flexibility index (Phi) is 4.77. The molecule has 0 aliphatic heterocycles. The van der Waals surface area contributed by atoms with E-state index in [4.69, 9.17) is 11.6 Å². The highest BCUT2D eigenvalue weighted by molar-refractivity contribution is 6.33. The van der Waals surface area contributed by atoms with Gasteiger partial charge in [-0.2, -0.15) is 5.10 Å². The lowest BCUT2D eigenvalue weighted by Crippen LogP contribution is -2.35. The fraction of sp³-hybridized carbons (Fsp3) is 0.100. The van der Waals surface area contributed by atoms with Gasteiger partial charge in [-0.05, 0) is 24.3 Å². The molecule has 29 heavy (non-hydrogen) atoms. The van der Waals surface area contributed by atoms with Crippen LogP contribution in [0.3, 0.4) is 0 Å². The molecule has 2 aromatic heterocycles. The minimum atomic E-state index is -0.444. The Balaban J connectivity index is 1.59. The number of halogens is 1. The molecule has 8 nitrogen and oxygen atoms in total. The van der Waals surface area contributed by atoms with Gasteiger partial charge in [-0.1, -0.05) is 35.9 Å². The number of nitrogens with one attached hydrogen (secondary N) is 2. The number of amides is 2. The molecule has 2 heterocycles. The lowest BCUT2D eigenvalue weighted by atomic mass is 10.2. The molecule has 0 fully saturated rings. The number of fused-ring (bicyclic) bond motifs is 3. The fourth-order valence-electron chi connectivity index (χ4n) is 3.08. The normalized spacial score (nSPS) is 11.0. The van der Waals surface area contributed by atoms with Gasteiger partial charge in [0.15, 0.2) is 0 Å². The van der Waals surface area contributed by atoms with Crippen molar-refractivity contribution >= 4 is 45.7 Å². The van der Waals surface area contributed by atoms with Crippen LogP contribution < -0.4 is 10.9 Å². The highest BCUT2D eigenvalue weighted by Crippen LogP contribution is 2.20. The number of benzene rings is 2. The molecule has 4 rings (SSSR count). The van der Waals surface area contributed by atoms with Crippen molar-refractivity contribution in [1.29, 1.82) is 0 Å². The third kappa shape index (κ3) is 3.45. The number of nitrogens with zero attached hydrogens (tertiary/aromatic N) is 3. The smallest absolute Gasteiger partial charge is 0.259 e. The zero-order valence-corrected chi connectivity index (χ0v) is 16.1. The lowest BCUT2D eigenvalue weighted by Gasteiger charge is -2.16. The second-order valence-electron chi connectivity index (χ2n) is 6.48. The summed E-state index contributed by atoms with van der Waals surface area (Å²) >= 11 is 6.04. The molecular weight excluding hydrogens is 394 g/mol. The maximum atomic E-state index is 12.9. The van der Waals surface area contributed by atoms with Gasteiger partial charge in [0.05, 0.1) is 34.4 Å². The summed E-state index contributed by atoms with van der Waals surface area (Å²) in [5.74, 6) is -0.843. The summed E-state index contributed by atoms with van der Waals surface area (Å²) in [5, 5.41) is 7.77. The molecule has 0 saturated heterocycles. The van der Waals surface area contributed by atoms with Crippen LogP contribution in [0.2, 0.25) is 5.02 Å². The summed E-state index contributed by atoms with van der Waals surface area (Å²) in [6, 6.07) is 13.8. The van der Waals surface area contributed by atoms with Crippen LogP contribution in [0.5, 0.6) is 0 Å². The third-order valence-corrected chi connectivity index (χ3v) is 4.81. The molecule has 0 bridgehead atoms. The number of hydrogen-bond donors (Lipinski definition) is 2. The molecule has 0 radical (unpaired) electrons. The van der Waals surface area contributed by atoms with E-state index in [1.165, 1.54) is 22.7 Å². The molecule has 0 saturated carbocycles. The number of hydrogen-bond acceptors (Lipinski definition) is 4. The molecular formula is C20H16ClN5O3. The van der Waals surface area contributed by atoms with Crippen molar-refractivity contribution < 1.29 is 9.59 Å². The fourth-order valence-corrected chi connectivity index (χ4v) is 3.26. The summed E-state index contributed by atoms with van der Waals surface area (Å²) in [7, 11) is 1.50. The van der Waals surface area contributed by atoms with Gasteiger partial charge in [0, 0.05) is 7.05 Å². The first kappa shape index (κ1) is 18.7. The van der Waals surface area contributed by atoms with Crippen molar-refractivity contribution in [3.63, 3.8) is 0 Å². The maximum absolute atomic E-state index is 12.9. The summed E-state index contributed by atoms with van der Waals surface area (Å²) < 4.78 is 1.50. The molecule has 146 valence electrons. The number of carbonyl (C=O) groups excluding carboxylic acids is 2. The average molecular weight is 410 g/mol. The van der Waals surface area contributed by atoms with Crippen molar-refractivity contribution in [3.05, 3.63) is 75.7 Å². The van der Waals surface area contributed by atoms with Gasteiger partial charge in [0.1, 0.15) is 11.2 Å². The van der Waals surface area contributed by atoms with Crippen LogP contribution in [0, 0.1) is 0 Å². The van der Waals surface area contributed by atoms with Gasteiger partial charge in [-0.25, -0.2) is 4.52 Å². The van der Waals surface area contributed by atoms with Gasteiger partial charge in [0.25, 0.3) is 11.5 Å². The van der Waals surface area contributed by atoms with Crippen LogP contribution in [-0.4, -0.2) is 44.9 Å². The van der Waals surface area contributed by atoms with Gasteiger partial charge >= 0.3 is 0 Å². The second kappa shape index (κ2) is 7.40. The van der Waals surface area contributed by atoms with Crippen LogP contribution in [0.1, 0.15) is 10.4 Å². The quantitative estimate of drug-likeness (QED) is 0.541. The topological polar surface area (TPSA) is 99.6 Å². The molecule has 0 aliphatic rings. The SMILES string of the molecule is CN(CC(=O)Nc1ccccc1Cl)C(=O)c1cnn2c1[nH]c(=O)c1ccccc12. The van der Waals surface area contributed by atoms with Crippen molar-refractivity contribution in [2.45, 2.75) is 0 Å².